The molecular formula is C17H20ClN. The van der Waals surface area contributed by atoms with Crippen LogP contribution in [-0.2, 0) is 6.54 Å². The van der Waals surface area contributed by atoms with Gasteiger partial charge in [0.2, 0.25) is 0 Å². The molecule has 2 heteroatoms. The summed E-state index contributed by atoms with van der Waals surface area (Å²) in [7, 11) is 0. The molecule has 0 aliphatic carbocycles. The van der Waals surface area contributed by atoms with Gasteiger partial charge in [-0.25, -0.2) is 0 Å². The zero-order valence-corrected chi connectivity index (χ0v) is 12.2. The maximum Gasteiger partial charge on any atom is 0.0450 e. The minimum Gasteiger partial charge on any atom is -0.306 e. The first-order chi connectivity index (χ1) is 9.18. The fraction of sp³-hybridized carbons (Fsp3) is 0.294. The lowest BCUT2D eigenvalue weighted by atomic mass is 9.96. The van der Waals surface area contributed by atoms with Crippen LogP contribution in [0.2, 0.25) is 5.02 Å². The summed E-state index contributed by atoms with van der Waals surface area (Å²) in [5.41, 5.74) is 2.47. The van der Waals surface area contributed by atoms with E-state index in [9.17, 15) is 0 Å². The van der Waals surface area contributed by atoms with Crippen LogP contribution in [0.25, 0.3) is 0 Å². The van der Waals surface area contributed by atoms with Gasteiger partial charge in [0.25, 0.3) is 0 Å². The van der Waals surface area contributed by atoms with Crippen molar-refractivity contribution in [1.29, 1.82) is 0 Å². The Bertz CT molecular complexity index is 508. The molecule has 2 aromatic carbocycles. The van der Waals surface area contributed by atoms with Crippen molar-refractivity contribution < 1.29 is 0 Å². The van der Waals surface area contributed by atoms with E-state index in [4.69, 9.17) is 11.6 Å². The predicted octanol–water partition coefficient (Wildman–Crippen LogP) is 4.83. The smallest absolute Gasteiger partial charge is 0.0450 e. The molecule has 0 aromatic heterocycles. The monoisotopic (exact) mass is 273 g/mol. The Kier molecular flexibility index (Phi) is 5.00. The van der Waals surface area contributed by atoms with Gasteiger partial charge < -0.3 is 5.32 Å². The van der Waals surface area contributed by atoms with Gasteiger partial charge in [-0.1, -0.05) is 74.0 Å². The third-order valence-corrected chi connectivity index (χ3v) is 3.66. The highest BCUT2D eigenvalue weighted by molar-refractivity contribution is 6.31. The minimum atomic E-state index is 0.345. The number of benzene rings is 2. The molecule has 0 saturated carbocycles. The lowest BCUT2D eigenvalue weighted by Gasteiger charge is -2.23. The number of hydrogen-bond acceptors (Lipinski definition) is 1. The van der Waals surface area contributed by atoms with Crippen molar-refractivity contribution in [3.8, 4) is 0 Å². The maximum absolute atomic E-state index is 6.19. The summed E-state index contributed by atoms with van der Waals surface area (Å²) in [6.07, 6.45) is 0. The lowest BCUT2D eigenvalue weighted by molar-refractivity contribution is 0.410. The zero-order valence-electron chi connectivity index (χ0n) is 11.4. The van der Waals surface area contributed by atoms with Gasteiger partial charge in [0.1, 0.15) is 0 Å². The largest absolute Gasteiger partial charge is 0.306 e. The molecule has 1 unspecified atom stereocenters. The van der Waals surface area contributed by atoms with E-state index in [0.717, 1.165) is 17.1 Å². The molecule has 0 spiro atoms. The molecule has 0 aliphatic heterocycles. The van der Waals surface area contributed by atoms with Crippen molar-refractivity contribution in [1.82, 2.24) is 5.32 Å². The number of halogens is 1. The van der Waals surface area contributed by atoms with Crippen molar-refractivity contribution in [3.63, 3.8) is 0 Å². The lowest BCUT2D eigenvalue weighted by Crippen LogP contribution is -2.25. The second-order valence-electron chi connectivity index (χ2n) is 5.10. The van der Waals surface area contributed by atoms with Crippen molar-refractivity contribution in [2.45, 2.75) is 26.4 Å². The number of nitrogens with one attached hydrogen (secondary N) is 1. The van der Waals surface area contributed by atoms with Crippen LogP contribution in [0.3, 0.4) is 0 Å². The highest BCUT2D eigenvalue weighted by Gasteiger charge is 2.15. The summed E-state index contributed by atoms with van der Waals surface area (Å²) < 4.78 is 0. The van der Waals surface area contributed by atoms with E-state index in [2.05, 4.69) is 55.6 Å². The molecule has 0 aliphatic rings. The van der Waals surface area contributed by atoms with Crippen LogP contribution in [0.15, 0.2) is 54.6 Å². The third kappa shape index (κ3) is 3.82. The molecular weight excluding hydrogens is 254 g/mol. The molecule has 19 heavy (non-hydrogen) atoms. The fourth-order valence-corrected chi connectivity index (χ4v) is 2.46. The van der Waals surface area contributed by atoms with Crippen molar-refractivity contribution >= 4 is 11.6 Å². The van der Waals surface area contributed by atoms with E-state index in [-0.39, 0.29) is 0 Å². The molecule has 1 nitrogen and oxygen atoms in total. The molecule has 0 heterocycles. The van der Waals surface area contributed by atoms with Gasteiger partial charge in [0.05, 0.1) is 0 Å². The summed E-state index contributed by atoms with van der Waals surface area (Å²) in [6.45, 7) is 5.26. The molecule has 2 rings (SSSR count). The second-order valence-corrected chi connectivity index (χ2v) is 5.51. The van der Waals surface area contributed by atoms with Crippen molar-refractivity contribution in [2.75, 3.05) is 0 Å². The van der Waals surface area contributed by atoms with Crippen molar-refractivity contribution in [2.24, 2.45) is 5.92 Å². The molecule has 0 radical (unpaired) electrons. The van der Waals surface area contributed by atoms with Gasteiger partial charge in [-0.05, 0) is 23.1 Å². The van der Waals surface area contributed by atoms with E-state index in [1.54, 1.807) is 0 Å². The van der Waals surface area contributed by atoms with Crippen LogP contribution in [0.5, 0.6) is 0 Å². The molecule has 1 atom stereocenters. The fourth-order valence-electron chi connectivity index (χ4n) is 2.26. The van der Waals surface area contributed by atoms with E-state index in [1.807, 2.05) is 18.2 Å². The van der Waals surface area contributed by atoms with Gasteiger partial charge in [-0.15, -0.1) is 0 Å². The number of hydrogen-bond donors (Lipinski definition) is 1. The Morgan fingerprint density at radius 2 is 1.58 bits per heavy atom. The summed E-state index contributed by atoms with van der Waals surface area (Å²) in [5, 5.41) is 4.43. The Hall–Kier alpha value is -1.31. The van der Waals surface area contributed by atoms with Gasteiger partial charge in [-0.3, -0.25) is 0 Å². The summed E-state index contributed by atoms with van der Waals surface area (Å²) in [6, 6.07) is 18.9. The van der Waals surface area contributed by atoms with Crippen LogP contribution in [0, 0.1) is 5.92 Å². The number of rotatable bonds is 5. The second kappa shape index (κ2) is 6.74. The zero-order chi connectivity index (χ0) is 13.7. The molecule has 2 aromatic rings. The molecule has 0 fully saturated rings. The van der Waals surface area contributed by atoms with E-state index >= 15 is 0 Å². The van der Waals surface area contributed by atoms with E-state index in [1.165, 1.54) is 5.56 Å². The molecule has 0 amide bonds. The molecule has 100 valence electrons. The van der Waals surface area contributed by atoms with Crippen molar-refractivity contribution in [3.05, 3.63) is 70.7 Å². The Morgan fingerprint density at radius 3 is 2.21 bits per heavy atom. The quantitative estimate of drug-likeness (QED) is 0.823. The van der Waals surface area contributed by atoms with E-state index < -0.39 is 0 Å². The summed E-state index contributed by atoms with van der Waals surface area (Å²) >= 11 is 6.19. The SMILES string of the molecule is CC(C)C(NCc1ccccc1Cl)c1ccccc1. The third-order valence-electron chi connectivity index (χ3n) is 3.30. The Labute approximate surface area is 120 Å². The standard InChI is InChI=1S/C17H20ClN/c1-13(2)17(14-8-4-3-5-9-14)19-12-15-10-6-7-11-16(15)18/h3-11,13,17,19H,12H2,1-2H3. The van der Waals surface area contributed by atoms with Crippen LogP contribution < -0.4 is 5.32 Å². The van der Waals surface area contributed by atoms with E-state index in [0.29, 0.717) is 12.0 Å². The van der Waals surface area contributed by atoms with Crippen LogP contribution in [0.1, 0.15) is 31.0 Å². The van der Waals surface area contributed by atoms with Crippen LogP contribution in [0.4, 0.5) is 0 Å². The van der Waals surface area contributed by atoms with Gasteiger partial charge in [0.15, 0.2) is 0 Å². The van der Waals surface area contributed by atoms with Gasteiger partial charge >= 0.3 is 0 Å². The van der Waals surface area contributed by atoms with Crippen LogP contribution in [-0.4, -0.2) is 0 Å². The summed E-state index contributed by atoms with van der Waals surface area (Å²) in [4.78, 5) is 0. The Balaban J connectivity index is 2.09. The maximum atomic E-state index is 6.19. The topological polar surface area (TPSA) is 12.0 Å². The van der Waals surface area contributed by atoms with Gasteiger partial charge in [-0.2, -0.15) is 0 Å². The highest BCUT2D eigenvalue weighted by atomic mass is 35.5. The first-order valence-electron chi connectivity index (χ1n) is 6.70. The van der Waals surface area contributed by atoms with Gasteiger partial charge in [0, 0.05) is 17.6 Å². The average Bonchev–Trinajstić information content (AvgIpc) is 2.42. The molecule has 0 saturated heterocycles. The summed E-state index contributed by atoms with van der Waals surface area (Å²) in [5.74, 6) is 0.532. The highest BCUT2D eigenvalue weighted by Crippen LogP contribution is 2.23. The molecule has 1 N–H and O–H groups in total. The first kappa shape index (κ1) is 14.1. The minimum absolute atomic E-state index is 0.345. The molecule has 0 bridgehead atoms. The Morgan fingerprint density at radius 1 is 0.947 bits per heavy atom. The van der Waals surface area contributed by atoms with Crippen LogP contribution >= 0.6 is 11.6 Å². The first-order valence-corrected chi connectivity index (χ1v) is 7.08. The normalized spacial score (nSPS) is 12.6. The predicted molar refractivity (Wildman–Crippen MR) is 82.3 cm³/mol. The average molecular weight is 274 g/mol.